The zero-order chi connectivity index (χ0) is 20.0. The summed E-state index contributed by atoms with van der Waals surface area (Å²) in [6, 6.07) is 12.4. The van der Waals surface area contributed by atoms with Crippen LogP contribution in [0.25, 0.3) is 0 Å². The summed E-state index contributed by atoms with van der Waals surface area (Å²) in [5.41, 5.74) is 2.35. The Morgan fingerprint density at radius 1 is 1.07 bits per heavy atom. The third kappa shape index (κ3) is 5.62. The van der Waals surface area contributed by atoms with Crippen LogP contribution in [0.1, 0.15) is 11.1 Å². The van der Waals surface area contributed by atoms with E-state index in [9.17, 15) is 13.2 Å². The molecule has 0 atom stereocenters. The van der Waals surface area contributed by atoms with Gasteiger partial charge in [-0.25, -0.2) is 8.42 Å². The van der Waals surface area contributed by atoms with Crippen LogP contribution in [0.4, 0.5) is 5.69 Å². The van der Waals surface area contributed by atoms with E-state index in [0.29, 0.717) is 23.7 Å². The molecule has 0 fully saturated rings. The fraction of sp³-hybridized carbons (Fsp3) is 0.316. The maximum absolute atomic E-state index is 12.3. The van der Waals surface area contributed by atoms with Crippen molar-refractivity contribution in [2.45, 2.75) is 13.5 Å². The Kier molecular flexibility index (Phi) is 6.68. The summed E-state index contributed by atoms with van der Waals surface area (Å²) in [5.74, 6) is 0.444. The number of methoxy groups -OCH3 is 2. The second kappa shape index (κ2) is 8.77. The van der Waals surface area contributed by atoms with Crippen LogP contribution in [0, 0.1) is 6.92 Å². The van der Waals surface area contributed by atoms with Crippen LogP contribution < -0.4 is 19.1 Å². The first-order chi connectivity index (χ1) is 12.7. The first-order valence-electron chi connectivity index (χ1n) is 8.26. The predicted molar refractivity (Wildman–Crippen MR) is 105 cm³/mol. The van der Waals surface area contributed by atoms with E-state index in [1.165, 1.54) is 20.3 Å². The average molecular weight is 392 g/mol. The molecule has 2 aromatic rings. The molecule has 2 aromatic carbocycles. The highest BCUT2D eigenvalue weighted by Crippen LogP contribution is 2.32. The summed E-state index contributed by atoms with van der Waals surface area (Å²) in [4.78, 5) is 12.3. The first kappa shape index (κ1) is 20.6. The van der Waals surface area contributed by atoms with Crippen molar-refractivity contribution in [1.82, 2.24) is 5.32 Å². The Balaban J connectivity index is 2.16. The maximum atomic E-state index is 12.3. The van der Waals surface area contributed by atoms with Gasteiger partial charge in [0.15, 0.2) is 11.5 Å². The van der Waals surface area contributed by atoms with Gasteiger partial charge in [-0.3, -0.25) is 9.10 Å². The summed E-state index contributed by atoms with van der Waals surface area (Å²) in [6.07, 6.45) is 1.05. The van der Waals surface area contributed by atoms with Crippen molar-refractivity contribution in [2.24, 2.45) is 0 Å². The molecular formula is C19H24N2O5S. The molecule has 0 aromatic heterocycles. The number of anilines is 1. The zero-order valence-electron chi connectivity index (χ0n) is 15.9. The van der Waals surface area contributed by atoms with Crippen molar-refractivity contribution in [2.75, 3.05) is 31.3 Å². The van der Waals surface area contributed by atoms with Gasteiger partial charge in [0.2, 0.25) is 15.9 Å². The normalized spacial score (nSPS) is 11.0. The van der Waals surface area contributed by atoms with Crippen LogP contribution in [0.5, 0.6) is 11.5 Å². The van der Waals surface area contributed by atoms with Gasteiger partial charge in [-0.1, -0.05) is 29.8 Å². The molecule has 0 aliphatic carbocycles. The van der Waals surface area contributed by atoms with E-state index in [4.69, 9.17) is 9.47 Å². The highest BCUT2D eigenvalue weighted by molar-refractivity contribution is 7.92. The summed E-state index contributed by atoms with van der Waals surface area (Å²) in [7, 11) is -0.721. The Morgan fingerprint density at radius 3 is 2.37 bits per heavy atom. The lowest BCUT2D eigenvalue weighted by Gasteiger charge is -2.23. The molecule has 0 radical (unpaired) electrons. The summed E-state index contributed by atoms with van der Waals surface area (Å²) < 4.78 is 35.8. The SMILES string of the molecule is COc1ccc(N(CC(=O)NCc2cccc(C)c2)S(C)(=O)=O)cc1OC. The maximum Gasteiger partial charge on any atom is 0.241 e. The average Bonchev–Trinajstić information content (AvgIpc) is 2.63. The van der Waals surface area contributed by atoms with Gasteiger partial charge in [0.25, 0.3) is 0 Å². The van der Waals surface area contributed by atoms with Crippen molar-refractivity contribution in [1.29, 1.82) is 0 Å². The molecule has 0 spiro atoms. The van der Waals surface area contributed by atoms with Crippen molar-refractivity contribution in [3.63, 3.8) is 0 Å². The molecule has 0 heterocycles. The number of hydrogen-bond donors (Lipinski definition) is 1. The van der Waals surface area contributed by atoms with Gasteiger partial charge in [0, 0.05) is 12.6 Å². The number of benzene rings is 2. The lowest BCUT2D eigenvalue weighted by molar-refractivity contribution is -0.119. The molecule has 7 nitrogen and oxygen atoms in total. The summed E-state index contributed by atoms with van der Waals surface area (Å²) in [6.45, 7) is 1.96. The summed E-state index contributed by atoms with van der Waals surface area (Å²) in [5, 5.41) is 2.75. The minimum Gasteiger partial charge on any atom is -0.493 e. The fourth-order valence-corrected chi connectivity index (χ4v) is 3.44. The molecule has 1 amide bonds. The smallest absolute Gasteiger partial charge is 0.241 e. The minimum atomic E-state index is -3.67. The highest BCUT2D eigenvalue weighted by atomic mass is 32.2. The Labute approximate surface area is 160 Å². The second-order valence-electron chi connectivity index (χ2n) is 6.07. The number of nitrogens with zero attached hydrogens (tertiary/aromatic N) is 1. The molecule has 0 unspecified atom stereocenters. The highest BCUT2D eigenvalue weighted by Gasteiger charge is 2.22. The number of aryl methyl sites for hydroxylation is 1. The number of ether oxygens (including phenoxy) is 2. The van der Waals surface area contributed by atoms with Gasteiger partial charge in [-0.2, -0.15) is 0 Å². The molecule has 1 N–H and O–H groups in total. The van der Waals surface area contributed by atoms with Crippen LogP contribution in [-0.4, -0.2) is 41.3 Å². The van der Waals surface area contributed by atoms with Crippen LogP contribution in [0.2, 0.25) is 0 Å². The van der Waals surface area contributed by atoms with Gasteiger partial charge in [0.05, 0.1) is 26.2 Å². The van der Waals surface area contributed by atoms with Gasteiger partial charge < -0.3 is 14.8 Å². The second-order valence-corrected chi connectivity index (χ2v) is 7.98. The molecular weight excluding hydrogens is 368 g/mol. The van der Waals surface area contributed by atoms with E-state index in [-0.39, 0.29) is 6.54 Å². The fourth-order valence-electron chi connectivity index (χ4n) is 2.59. The molecule has 0 aliphatic rings. The molecule has 27 heavy (non-hydrogen) atoms. The third-order valence-electron chi connectivity index (χ3n) is 3.91. The van der Waals surface area contributed by atoms with E-state index < -0.39 is 15.9 Å². The van der Waals surface area contributed by atoms with Crippen molar-refractivity contribution < 1.29 is 22.7 Å². The van der Waals surface area contributed by atoms with Gasteiger partial charge in [-0.05, 0) is 24.6 Å². The van der Waals surface area contributed by atoms with Gasteiger partial charge >= 0.3 is 0 Å². The Bertz CT molecular complexity index is 912. The summed E-state index contributed by atoms with van der Waals surface area (Å²) >= 11 is 0. The number of carbonyl (C=O) groups is 1. The number of carbonyl (C=O) groups excluding carboxylic acids is 1. The van der Waals surface area contributed by atoms with E-state index in [0.717, 1.165) is 21.7 Å². The Morgan fingerprint density at radius 2 is 1.78 bits per heavy atom. The lowest BCUT2D eigenvalue weighted by Crippen LogP contribution is -2.40. The lowest BCUT2D eigenvalue weighted by atomic mass is 10.1. The predicted octanol–water partition coefficient (Wildman–Crippen LogP) is 2.09. The number of nitrogens with one attached hydrogen (secondary N) is 1. The van der Waals surface area contributed by atoms with Crippen LogP contribution in [0.15, 0.2) is 42.5 Å². The van der Waals surface area contributed by atoms with Gasteiger partial charge in [0.1, 0.15) is 6.54 Å². The third-order valence-corrected chi connectivity index (χ3v) is 5.06. The number of sulfonamides is 1. The Hall–Kier alpha value is -2.74. The molecule has 146 valence electrons. The van der Waals surface area contributed by atoms with Crippen molar-refractivity contribution in [3.05, 3.63) is 53.6 Å². The van der Waals surface area contributed by atoms with Crippen LogP contribution >= 0.6 is 0 Å². The molecule has 8 heteroatoms. The first-order valence-corrected chi connectivity index (χ1v) is 10.1. The minimum absolute atomic E-state index is 0.320. The number of amides is 1. The molecule has 0 saturated carbocycles. The topological polar surface area (TPSA) is 84.9 Å². The molecule has 0 bridgehead atoms. The van der Waals surface area contributed by atoms with Crippen molar-refractivity contribution >= 4 is 21.6 Å². The largest absolute Gasteiger partial charge is 0.493 e. The molecule has 2 rings (SSSR count). The quantitative estimate of drug-likeness (QED) is 0.744. The zero-order valence-corrected chi connectivity index (χ0v) is 16.7. The monoisotopic (exact) mass is 392 g/mol. The van der Waals surface area contributed by atoms with Crippen LogP contribution in [-0.2, 0) is 21.4 Å². The van der Waals surface area contributed by atoms with Crippen LogP contribution in [0.3, 0.4) is 0 Å². The van der Waals surface area contributed by atoms with E-state index >= 15 is 0 Å². The standard InChI is InChI=1S/C19H24N2O5S/c1-14-6-5-7-15(10-14)12-20-19(22)13-21(27(4,23)24)16-8-9-17(25-2)18(11-16)26-3/h5-11H,12-13H2,1-4H3,(H,20,22). The van der Waals surface area contributed by atoms with E-state index in [1.807, 2.05) is 31.2 Å². The molecule has 0 saturated heterocycles. The number of rotatable bonds is 8. The number of hydrogen-bond acceptors (Lipinski definition) is 5. The van der Waals surface area contributed by atoms with Gasteiger partial charge in [-0.15, -0.1) is 0 Å². The van der Waals surface area contributed by atoms with E-state index in [2.05, 4.69) is 5.32 Å². The molecule has 0 aliphatic heterocycles. The van der Waals surface area contributed by atoms with E-state index in [1.54, 1.807) is 12.1 Å². The van der Waals surface area contributed by atoms with Crippen molar-refractivity contribution in [3.8, 4) is 11.5 Å².